The number of ketones is 1. The van der Waals surface area contributed by atoms with Crippen molar-refractivity contribution in [2.45, 2.75) is 6.54 Å². The number of carbonyl (C=O) groups excluding carboxylic acids is 1. The third-order valence-electron chi connectivity index (χ3n) is 3.95. The van der Waals surface area contributed by atoms with Gasteiger partial charge in [0.2, 0.25) is 0 Å². The van der Waals surface area contributed by atoms with Crippen molar-refractivity contribution in [3.05, 3.63) is 106 Å². The first kappa shape index (κ1) is 18.0. The Morgan fingerprint density at radius 2 is 1.54 bits per heavy atom. The molecule has 0 aliphatic heterocycles. The zero-order valence-corrected chi connectivity index (χ0v) is 15.7. The van der Waals surface area contributed by atoms with E-state index in [0.29, 0.717) is 12.1 Å². The number of rotatable bonds is 6. The van der Waals surface area contributed by atoms with Crippen LogP contribution in [0.25, 0.3) is 5.70 Å². The van der Waals surface area contributed by atoms with Crippen molar-refractivity contribution >= 4 is 33.1 Å². The highest BCUT2D eigenvalue weighted by Gasteiger charge is 2.07. The van der Waals surface area contributed by atoms with Gasteiger partial charge >= 0.3 is 0 Å². The Kier molecular flexibility index (Phi) is 5.87. The third kappa shape index (κ3) is 4.83. The highest BCUT2D eigenvalue weighted by molar-refractivity contribution is 9.10. The Morgan fingerprint density at radius 1 is 0.885 bits per heavy atom. The normalized spacial score (nSPS) is 11.2. The number of allylic oxidation sites excluding steroid dienone is 1. The molecule has 0 heterocycles. The van der Waals surface area contributed by atoms with Crippen LogP contribution in [0.1, 0.15) is 21.5 Å². The number of hydrogen-bond acceptors (Lipinski definition) is 3. The number of anilines is 1. The number of halogens is 1. The Balaban J connectivity index is 1.84. The van der Waals surface area contributed by atoms with Crippen molar-refractivity contribution in [1.82, 2.24) is 5.32 Å². The van der Waals surface area contributed by atoms with Gasteiger partial charge in [0.1, 0.15) is 0 Å². The maximum absolute atomic E-state index is 12.6. The van der Waals surface area contributed by atoms with E-state index in [1.54, 1.807) is 6.08 Å². The number of nitrogen functional groups attached to an aromatic ring is 1. The summed E-state index contributed by atoms with van der Waals surface area (Å²) in [4.78, 5) is 12.6. The molecule has 130 valence electrons. The van der Waals surface area contributed by atoms with Gasteiger partial charge in [-0.1, -0.05) is 58.4 Å². The highest BCUT2D eigenvalue weighted by atomic mass is 79.9. The molecule has 0 bridgehead atoms. The van der Waals surface area contributed by atoms with Gasteiger partial charge in [-0.3, -0.25) is 4.79 Å². The standard InChI is InChI=1S/C22H19BrN2O/c23-19-10-8-18(9-11-19)22(26)14-21(17-4-2-1-3-5-17)25-15-16-6-12-20(24)13-7-16/h1-14,25H,15,24H2/b21-14-. The second-order valence-corrected chi connectivity index (χ2v) is 6.81. The van der Waals surface area contributed by atoms with Crippen LogP contribution >= 0.6 is 15.9 Å². The van der Waals surface area contributed by atoms with Crippen LogP contribution in [-0.2, 0) is 6.54 Å². The van der Waals surface area contributed by atoms with Gasteiger partial charge in [0, 0.05) is 34.0 Å². The molecule has 0 aliphatic carbocycles. The Hall–Kier alpha value is -2.85. The summed E-state index contributed by atoms with van der Waals surface area (Å²) in [5.74, 6) is -0.0406. The van der Waals surface area contributed by atoms with Crippen LogP contribution in [0.4, 0.5) is 5.69 Å². The van der Waals surface area contributed by atoms with Crippen molar-refractivity contribution in [2.24, 2.45) is 0 Å². The van der Waals surface area contributed by atoms with Gasteiger partial charge in [-0.05, 0) is 47.5 Å². The van der Waals surface area contributed by atoms with Crippen molar-refractivity contribution in [3.8, 4) is 0 Å². The van der Waals surface area contributed by atoms with Crippen LogP contribution in [0, 0.1) is 0 Å². The van der Waals surface area contributed by atoms with Gasteiger partial charge in [0.05, 0.1) is 0 Å². The van der Waals surface area contributed by atoms with E-state index in [-0.39, 0.29) is 5.78 Å². The maximum atomic E-state index is 12.6. The van der Waals surface area contributed by atoms with E-state index in [4.69, 9.17) is 5.73 Å². The Morgan fingerprint density at radius 3 is 2.19 bits per heavy atom. The third-order valence-corrected chi connectivity index (χ3v) is 4.48. The molecule has 3 N–H and O–H groups in total. The smallest absolute Gasteiger partial charge is 0.187 e. The second-order valence-electron chi connectivity index (χ2n) is 5.89. The number of benzene rings is 3. The first-order valence-corrected chi connectivity index (χ1v) is 9.06. The van der Waals surface area contributed by atoms with Crippen LogP contribution in [0.3, 0.4) is 0 Å². The van der Waals surface area contributed by atoms with E-state index in [0.717, 1.165) is 27.0 Å². The quantitative estimate of drug-likeness (QED) is 0.342. The molecule has 0 fully saturated rings. The topological polar surface area (TPSA) is 55.1 Å². The molecule has 0 aliphatic rings. The van der Waals surface area contributed by atoms with E-state index >= 15 is 0 Å². The fourth-order valence-electron chi connectivity index (χ4n) is 2.52. The van der Waals surface area contributed by atoms with Crippen LogP contribution in [0.15, 0.2) is 89.4 Å². The summed E-state index contributed by atoms with van der Waals surface area (Å²) >= 11 is 3.39. The predicted octanol–water partition coefficient (Wildman–Crippen LogP) is 5.04. The molecular weight excluding hydrogens is 388 g/mol. The molecular formula is C22H19BrN2O. The molecule has 3 aromatic rings. The lowest BCUT2D eigenvalue weighted by Gasteiger charge is -2.12. The molecule has 0 amide bonds. The molecule has 4 heteroatoms. The molecule has 0 aromatic heterocycles. The Labute approximate surface area is 161 Å². The molecule has 3 aromatic carbocycles. The van der Waals surface area contributed by atoms with Crippen molar-refractivity contribution in [1.29, 1.82) is 0 Å². The summed E-state index contributed by atoms with van der Waals surface area (Å²) in [6.45, 7) is 0.606. The van der Waals surface area contributed by atoms with Crippen LogP contribution in [0.5, 0.6) is 0 Å². The summed E-state index contributed by atoms with van der Waals surface area (Å²) in [5.41, 5.74) is 9.97. The van der Waals surface area contributed by atoms with E-state index < -0.39 is 0 Å². The van der Waals surface area contributed by atoms with Gasteiger partial charge in [0.25, 0.3) is 0 Å². The number of nitrogens with one attached hydrogen (secondary N) is 1. The number of carbonyl (C=O) groups is 1. The lowest BCUT2D eigenvalue weighted by Crippen LogP contribution is -2.13. The maximum Gasteiger partial charge on any atom is 0.187 e. The zero-order valence-electron chi connectivity index (χ0n) is 14.2. The minimum atomic E-state index is -0.0406. The summed E-state index contributed by atoms with van der Waals surface area (Å²) in [7, 11) is 0. The molecule has 0 spiro atoms. The highest BCUT2D eigenvalue weighted by Crippen LogP contribution is 2.16. The molecule has 26 heavy (non-hydrogen) atoms. The van der Waals surface area contributed by atoms with Gasteiger partial charge in [-0.15, -0.1) is 0 Å². The minimum absolute atomic E-state index is 0.0406. The Bertz CT molecular complexity index is 901. The SMILES string of the molecule is Nc1ccc(CN/C(=C\C(=O)c2ccc(Br)cc2)c2ccccc2)cc1. The van der Waals surface area contributed by atoms with E-state index in [9.17, 15) is 4.79 Å². The van der Waals surface area contributed by atoms with E-state index in [2.05, 4.69) is 21.2 Å². The summed E-state index contributed by atoms with van der Waals surface area (Å²) in [5, 5.41) is 3.37. The zero-order chi connectivity index (χ0) is 18.4. The predicted molar refractivity (Wildman–Crippen MR) is 111 cm³/mol. The van der Waals surface area contributed by atoms with Gasteiger partial charge in [-0.25, -0.2) is 0 Å². The van der Waals surface area contributed by atoms with Crippen LogP contribution in [0.2, 0.25) is 0 Å². The number of hydrogen-bond donors (Lipinski definition) is 2. The molecule has 0 saturated carbocycles. The summed E-state index contributed by atoms with van der Waals surface area (Å²) in [6, 6.07) is 24.9. The van der Waals surface area contributed by atoms with E-state index in [1.165, 1.54) is 0 Å². The monoisotopic (exact) mass is 406 g/mol. The van der Waals surface area contributed by atoms with Crippen molar-refractivity contribution in [3.63, 3.8) is 0 Å². The summed E-state index contributed by atoms with van der Waals surface area (Å²) < 4.78 is 0.947. The lowest BCUT2D eigenvalue weighted by molar-refractivity contribution is 0.104. The van der Waals surface area contributed by atoms with Gasteiger partial charge < -0.3 is 11.1 Å². The van der Waals surface area contributed by atoms with Crippen LogP contribution < -0.4 is 11.1 Å². The fraction of sp³-hybridized carbons (Fsp3) is 0.0455. The molecule has 0 unspecified atom stereocenters. The van der Waals surface area contributed by atoms with Crippen molar-refractivity contribution in [2.75, 3.05) is 5.73 Å². The first-order chi connectivity index (χ1) is 12.6. The van der Waals surface area contributed by atoms with E-state index in [1.807, 2.05) is 78.9 Å². The number of nitrogens with two attached hydrogens (primary N) is 1. The molecule has 3 nitrogen and oxygen atoms in total. The largest absolute Gasteiger partial charge is 0.399 e. The second kappa shape index (κ2) is 8.50. The first-order valence-electron chi connectivity index (χ1n) is 8.27. The van der Waals surface area contributed by atoms with Gasteiger partial charge in [0.15, 0.2) is 5.78 Å². The minimum Gasteiger partial charge on any atom is -0.399 e. The average molecular weight is 407 g/mol. The summed E-state index contributed by atoms with van der Waals surface area (Å²) in [6.07, 6.45) is 1.65. The van der Waals surface area contributed by atoms with Crippen LogP contribution in [-0.4, -0.2) is 5.78 Å². The molecule has 3 rings (SSSR count). The molecule has 0 saturated heterocycles. The fourth-order valence-corrected chi connectivity index (χ4v) is 2.78. The molecule has 0 radical (unpaired) electrons. The van der Waals surface area contributed by atoms with Crippen molar-refractivity contribution < 1.29 is 4.79 Å². The average Bonchev–Trinajstić information content (AvgIpc) is 2.67. The van der Waals surface area contributed by atoms with Gasteiger partial charge in [-0.2, -0.15) is 0 Å². The molecule has 0 atom stereocenters. The lowest BCUT2D eigenvalue weighted by atomic mass is 10.1.